The zero-order chi connectivity index (χ0) is 15.6. The summed E-state index contributed by atoms with van der Waals surface area (Å²) in [5.74, 6) is -1.94. The van der Waals surface area contributed by atoms with E-state index in [1.807, 2.05) is 0 Å². The van der Waals surface area contributed by atoms with Crippen molar-refractivity contribution in [1.82, 2.24) is 0 Å². The molecule has 0 saturated carbocycles. The summed E-state index contributed by atoms with van der Waals surface area (Å²) in [5.41, 5.74) is -0.992. The van der Waals surface area contributed by atoms with Crippen LogP contribution < -0.4 is 61.6 Å². The second-order valence-corrected chi connectivity index (χ2v) is 7.21. The summed E-state index contributed by atoms with van der Waals surface area (Å²) in [7, 11) is -3.39. The van der Waals surface area contributed by atoms with Gasteiger partial charge in [-0.3, -0.25) is 0 Å². The smallest absolute Gasteiger partial charge is 0.490 e. The summed E-state index contributed by atoms with van der Waals surface area (Å²) in [6, 6.07) is 1.81. The minimum Gasteiger partial charge on any atom is -0.490 e. The maximum absolute atomic E-state index is 13.3. The van der Waals surface area contributed by atoms with Crippen LogP contribution >= 0.6 is 0 Å². The van der Waals surface area contributed by atoms with Crippen LogP contribution in [-0.4, -0.2) is 33.0 Å². The Bertz CT molecular complexity index is 575. The average molecular weight is 352 g/mol. The molecule has 0 heterocycles. The minimum atomic E-state index is -5.26. The molecule has 21 heavy (non-hydrogen) atoms. The molecule has 0 saturated heterocycles. The van der Waals surface area contributed by atoms with Crippen molar-refractivity contribution in [1.29, 1.82) is 0 Å². The van der Waals surface area contributed by atoms with Crippen LogP contribution in [0.5, 0.6) is 5.75 Å². The van der Waals surface area contributed by atoms with Gasteiger partial charge in [0.25, 0.3) is 0 Å². The number of hydrogen-bond acceptors (Lipinski definition) is 3. The fraction of sp³-hybridized carbons (Fsp3) is 0.455. The Morgan fingerprint density at radius 2 is 1.81 bits per heavy atom. The Morgan fingerprint density at radius 3 is 2.29 bits per heavy atom. The van der Waals surface area contributed by atoms with Gasteiger partial charge in [-0.05, 0) is 26.0 Å². The van der Waals surface area contributed by atoms with Gasteiger partial charge in [-0.25, -0.2) is 12.8 Å². The molecule has 0 bridgehead atoms. The quantitative estimate of drug-likeness (QED) is 0.492. The molecule has 10 heteroatoms. The molecule has 0 aliphatic heterocycles. The van der Waals surface area contributed by atoms with E-state index < -0.39 is 45.7 Å². The largest absolute Gasteiger partial charge is 1.00 e. The minimum absolute atomic E-state index is 0. The molecular formula is C11H14BF4KO3S. The molecule has 0 unspecified atom stereocenters. The SMILES string of the molecule is CC(C)S(=O)(=O)CCOc1cc([B-](F)(F)F)ccc1F.[K+]. The summed E-state index contributed by atoms with van der Waals surface area (Å²) in [6.45, 7) is -2.71. The monoisotopic (exact) mass is 352 g/mol. The summed E-state index contributed by atoms with van der Waals surface area (Å²) >= 11 is 0. The number of sulfone groups is 1. The number of ether oxygens (including phenoxy) is 1. The van der Waals surface area contributed by atoms with E-state index in [9.17, 15) is 25.8 Å². The fourth-order valence-corrected chi connectivity index (χ4v) is 2.12. The maximum atomic E-state index is 13.3. The molecule has 114 valence electrons. The third kappa shape index (κ3) is 6.57. The van der Waals surface area contributed by atoms with E-state index in [1.54, 1.807) is 0 Å². The first-order valence-electron chi connectivity index (χ1n) is 5.88. The molecule has 3 nitrogen and oxygen atoms in total. The molecular weight excluding hydrogens is 338 g/mol. The van der Waals surface area contributed by atoms with Crippen LogP contribution in [0.3, 0.4) is 0 Å². The maximum Gasteiger partial charge on any atom is 1.00 e. The molecule has 0 atom stereocenters. The third-order valence-electron chi connectivity index (χ3n) is 2.68. The van der Waals surface area contributed by atoms with E-state index in [1.165, 1.54) is 13.8 Å². The second-order valence-electron chi connectivity index (χ2n) is 4.53. The van der Waals surface area contributed by atoms with Gasteiger partial charge in [-0.2, -0.15) is 0 Å². The van der Waals surface area contributed by atoms with Crippen molar-refractivity contribution in [3.8, 4) is 5.75 Å². The van der Waals surface area contributed by atoms with Gasteiger partial charge in [0.2, 0.25) is 0 Å². The van der Waals surface area contributed by atoms with Crippen LogP contribution in [0.25, 0.3) is 0 Å². The fourth-order valence-electron chi connectivity index (χ4n) is 1.34. The number of halogens is 4. The van der Waals surface area contributed by atoms with E-state index >= 15 is 0 Å². The van der Waals surface area contributed by atoms with E-state index in [4.69, 9.17) is 4.74 Å². The standard InChI is InChI=1S/C11H14BF4O3S.K/c1-8(2)20(17,18)6-5-19-11-7-9(12(14,15)16)3-4-10(11)13;/h3-4,7-8H,5-6H2,1-2H3;/q-1;+1. The summed E-state index contributed by atoms with van der Waals surface area (Å²) in [6.07, 6.45) is 0. The van der Waals surface area contributed by atoms with Crippen LogP contribution in [0.1, 0.15) is 13.8 Å². The molecule has 1 rings (SSSR count). The topological polar surface area (TPSA) is 43.4 Å². The van der Waals surface area contributed by atoms with Gasteiger partial charge in [0.1, 0.15) is 6.61 Å². The van der Waals surface area contributed by atoms with Crippen molar-refractivity contribution < 1.29 is 81.9 Å². The van der Waals surface area contributed by atoms with Crippen molar-refractivity contribution in [2.45, 2.75) is 19.1 Å². The van der Waals surface area contributed by atoms with Crippen LogP contribution in [0.2, 0.25) is 0 Å². The van der Waals surface area contributed by atoms with Crippen molar-refractivity contribution in [2.24, 2.45) is 0 Å². The van der Waals surface area contributed by atoms with Crippen LogP contribution in [0.15, 0.2) is 18.2 Å². The molecule has 0 aliphatic carbocycles. The molecule has 1 aromatic rings. The number of hydrogen-bond donors (Lipinski definition) is 0. The zero-order valence-corrected chi connectivity index (χ0v) is 15.9. The van der Waals surface area contributed by atoms with Gasteiger partial charge in [-0.1, -0.05) is 6.07 Å². The third-order valence-corrected chi connectivity index (χ3v) is 4.85. The molecule has 0 radical (unpaired) electrons. The predicted molar refractivity (Wildman–Crippen MR) is 69.5 cm³/mol. The van der Waals surface area contributed by atoms with Crippen molar-refractivity contribution in [2.75, 3.05) is 12.4 Å². The predicted octanol–water partition coefficient (Wildman–Crippen LogP) is -0.914. The number of benzene rings is 1. The summed E-state index contributed by atoms with van der Waals surface area (Å²) in [4.78, 5) is 0. The number of rotatable bonds is 6. The Morgan fingerprint density at radius 1 is 1.24 bits per heavy atom. The molecule has 0 spiro atoms. The summed E-state index contributed by atoms with van der Waals surface area (Å²) in [5, 5.41) is -0.624. The second kappa shape index (κ2) is 8.30. The molecule has 0 amide bonds. The van der Waals surface area contributed by atoms with E-state index in [2.05, 4.69) is 0 Å². The van der Waals surface area contributed by atoms with E-state index in [-0.39, 0.29) is 57.1 Å². The molecule has 0 aromatic heterocycles. The Balaban J connectivity index is 0.00000400. The van der Waals surface area contributed by atoms with Crippen molar-refractivity contribution >= 4 is 22.3 Å². The Hall–Kier alpha value is 0.391. The molecule has 1 aromatic carbocycles. The van der Waals surface area contributed by atoms with Crippen LogP contribution in [0, 0.1) is 5.82 Å². The van der Waals surface area contributed by atoms with Crippen molar-refractivity contribution in [3.05, 3.63) is 24.0 Å². The first kappa shape index (κ1) is 21.4. The summed E-state index contributed by atoms with van der Waals surface area (Å²) < 4.78 is 78.6. The van der Waals surface area contributed by atoms with Crippen molar-refractivity contribution in [3.63, 3.8) is 0 Å². The molecule has 0 fully saturated rings. The van der Waals surface area contributed by atoms with Gasteiger partial charge >= 0.3 is 58.4 Å². The van der Waals surface area contributed by atoms with Gasteiger partial charge < -0.3 is 17.7 Å². The first-order valence-corrected chi connectivity index (χ1v) is 7.59. The van der Waals surface area contributed by atoms with Gasteiger partial charge in [0, 0.05) is 0 Å². The normalized spacial score (nSPS) is 12.1. The van der Waals surface area contributed by atoms with Crippen LogP contribution in [-0.2, 0) is 9.84 Å². The van der Waals surface area contributed by atoms with Crippen LogP contribution in [0.4, 0.5) is 17.3 Å². The zero-order valence-electron chi connectivity index (χ0n) is 11.9. The molecule has 0 aliphatic rings. The van der Waals surface area contributed by atoms with Gasteiger partial charge in [0.15, 0.2) is 21.4 Å². The van der Waals surface area contributed by atoms with Gasteiger partial charge in [0.05, 0.1) is 11.0 Å². The Kier molecular flexibility index (Phi) is 8.46. The first-order chi connectivity index (χ1) is 9.04. The Labute approximate surface area is 163 Å². The average Bonchev–Trinajstić information content (AvgIpc) is 2.29. The van der Waals surface area contributed by atoms with E-state index in [0.717, 1.165) is 0 Å². The molecule has 0 N–H and O–H groups in total. The van der Waals surface area contributed by atoms with Gasteiger partial charge in [-0.15, -0.1) is 5.46 Å². The van der Waals surface area contributed by atoms with E-state index in [0.29, 0.717) is 18.2 Å².